The van der Waals surface area contributed by atoms with Gasteiger partial charge in [0.2, 0.25) is 5.28 Å². The molecule has 8 heterocycles. The Bertz CT molecular complexity index is 3040. The average molecular weight is 1020 g/mol. The summed E-state index contributed by atoms with van der Waals surface area (Å²) in [6, 6.07) is 16.0. The molecule has 6 aromatic rings. The number of nitrogens with one attached hydrogen (secondary N) is 1. The first-order chi connectivity index (χ1) is 33.1. The van der Waals surface area contributed by atoms with Crippen LogP contribution >= 0.6 is 11.6 Å². The van der Waals surface area contributed by atoms with Crippen LogP contribution in [-0.4, -0.2) is 150 Å². The molecule has 0 radical (unpaired) electrons. The fourth-order valence-electron chi connectivity index (χ4n) is 8.49. The lowest BCUT2D eigenvalue weighted by Gasteiger charge is -2.34. The minimum absolute atomic E-state index is 0.0322. The summed E-state index contributed by atoms with van der Waals surface area (Å²) in [4.78, 5) is 21.8. The number of aromatic nitrogens is 8. The SMILES string of the molecule is CC1(C)OB(c2cccc3c2cnn3C2CCCCO2)OC1(C)C.C[C@@H]1COCCN1c1cc(N=S(C)(C)=O)nc(-c2cccc3[nH]ncc23)n1.C[C@@H]1COCCN1c1cc(N=S(C)(C)=O)nc(Cl)n1. The van der Waals surface area contributed by atoms with Crippen LogP contribution in [0.1, 0.15) is 67.0 Å². The summed E-state index contributed by atoms with van der Waals surface area (Å²) < 4.78 is 63.6. The molecule has 2 aromatic carbocycles. The van der Waals surface area contributed by atoms with E-state index in [0.29, 0.717) is 49.7 Å². The van der Waals surface area contributed by atoms with Crippen molar-refractivity contribution in [3.8, 4) is 11.4 Å². The van der Waals surface area contributed by atoms with Gasteiger partial charge in [-0.2, -0.15) is 23.9 Å². The lowest BCUT2D eigenvalue weighted by molar-refractivity contribution is -0.0366. The number of ether oxygens (including phenoxy) is 3. The molecule has 10 rings (SSSR count). The number of anilines is 2. The molecule has 70 heavy (non-hydrogen) atoms. The zero-order valence-electron chi connectivity index (χ0n) is 41.6. The van der Waals surface area contributed by atoms with E-state index in [4.69, 9.17) is 40.1 Å². The molecular formula is C47H64BClN12O7S2. The topological polar surface area (TPSA) is 210 Å². The molecule has 376 valence electrons. The van der Waals surface area contributed by atoms with Crippen molar-refractivity contribution in [1.29, 1.82) is 0 Å². The third-order valence-electron chi connectivity index (χ3n) is 12.7. The highest BCUT2D eigenvalue weighted by Gasteiger charge is 2.52. The van der Waals surface area contributed by atoms with Crippen molar-refractivity contribution in [2.75, 3.05) is 80.9 Å². The third-order valence-corrected chi connectivity index (χ3v) is 14.1. The van der Waals surface area contributed by atoms with E-state index in [9.17, 15) is 8.42 Å². The number of fused-ring (bicyclic) bond motifs is 2. The molecule has 19 nitrogen and oxygen atoms in total. The fraction of sp³-hybridized carbons (Fsp3) is 0.532. The highest BCUT2D eigenvalue weighted by molar-refractivity contribution is 7.92. The maximum atomic E-state index is 12.3. The van der Waals surface area contributed by atoms with E-state index in [0.717, 1.165) is 71.2 Å². The van der Waals surface area contributed by atoms with E-state index in [1.54, 1.807) is 43.4 Å². The Balaban J connectivity index is 0.000000143. The molecule has 0 bridgehead atoms. The van der Waals surface area contributed by atoms with Gasteiger partial charge in [-0.25, -0.2) is 28.1 Å². The van der Waals surface area contributed by atoms with E-state index < -0.39 is 19.5 Å². The molecule has 3 atom stereocenters. The quantitative estimate of drug-likeness (QED) is 0.122. The van der Waals surface area contributed by atoms with Crippen LogP contribution in [0.5, 0.6) is 0 Å². The van der Waals surface area contributed by atoms with E-state index in [1.807, 2.05) is 35.1 Å². The Labute approximate surface area is 416 Å². The normalized spacial score (nSPS) is 21.5. The molecule has 4 aliphatic rings. The summed E-state index contributed by atoms with van der Waals surface area (Å²) in [7, 11) is -4.99. The summed E-state index contributed by atoms with van der Waals surface area (Å²) >= 11 is 5.91. The average Bonchev–Trinajstić information content (AvgIpc) is 4.01. The first-order valence-electron chi connectivity index (χ1n) is 23.5. The number of aromatic amines is 1. The molecule has 0 aliphatic carbocycles. The molecule has 1 N–H and O–H groups in total. The number of benzene rings is 2. The highest BCUT2D eigenvalue weighted by atomic mass is 35.5. The molecular weight excluding hydrogens is 955 g/mol. The standard InChI is InChI=1S/C18H25BN2O3.C18H22N6O2S.C11H17ClN4O2S/c1-17(2)18(3,4)24-19(23-17)14-8-7-9-15-13(14)12-20-21(15)16-10-5-6-11-22-16;1-12-11-26-8-7-24(12)17-9-16(23-27(2,3)25)20-18(21-17)13-5-4-6-15-14(13)10-19-22-15;1-8-7-18-5-4-16(8)10-6-9(13-11(12)14-10)15-19(2,3)17/h7-9,12,16H,5-6,10-11H2,1-4H3;4-6,9-10,12H,7-8,11H2,1-3H3,(H,19,22);6,8H,4-5,7H2,1-3H3/t;12-;8-/m.11/s1. The highest BCUT2D eigenvalue weighted by Crippen LogP contribution is 2.38. The van der Waals surface area contributed by atoms with Crippen molar-refractivity contribution < 1.29 is 31.9 Å². The van der Waals surface area contributed by atoms with Crippen LogP contribution < -0.4 is 15.3 Å². The monoisotopic (exact) mass is 1020 g/mol. The fourth-order valence-corrected chi connectivity index (χ4v) is 9.75. The predicted octanol–water partition coefficient (Wildman–Crippen LogP) is 7.35. The van der Waals surface area contributed by atoms with E-state index >= 15 is 0 Å². The summed E-state index contributed by atoms with van der Waals surface area (Å²) in [6.45, 7) is 17.3. The second-order valence-corrected chi connectivity index (χ2v) is 24.9. The van der Waals surface area contributed by atoms with Crippen molar-refractivity contribution in [1.82, 2.24) is 39.9 Å². The number of H-pyrrole nitrogens is 1. The molecule has 1 unspecified atom stereocenters. The van der Waals surface area contributed by atoms with Crippen molar-refractivity contribution in [2.45, 2.75) is 90.3 Å². The van der Waals surface area contributed by atoms with Gasteiger partial charge in [0, 0.05) is 92.6 Å². The molecule has 0 amide bonds. The Morgan fingerprint density at radius 1 is 0.757 bits per heavy atom. The summed E-state index contributed by atoms with van der Waals surface area (Å²) in [6.07, 6.45) is 13.3. The van der Waals surface area contributed by atoms with Crippen LogP contribution in [0, 0.1) is 0 Å². The maximum Gasteiger partial charge on any atom is 0.495 e. The smallest absolute Gasteiger partial charge is 0.399 e. The number of halogens is 1. The van der Waals surface area contributed by atoms with Crippen molar-refractivity contribution in [2.24, 2.45) is 8.73 Å². The molecule has 4 saturated heterocycles. The number of morpholine rings is 2. The second-order valence-electron chi connectivity index (χ2n) is 19.5. The lowest BCUT2D eigenvalue weighted by Crippen LogP contribution is -2.44. The van der Waals surface area contributed by atoms with Crippen LogP contribution in [0.2, 0.25) is 5.28 Å². The van der Waals surface area contributed by atoms with Gasteiger partial charge in [0.05, 0.1) is 73.1 Å². The van der Waals surface area contributed by atoms with Gasteiger partial charge in [-0.3, -0.25) is 5.10 Å². The first-order valence-corrected chi connectivity index (χ1v) is 28.5. The Morgan fingerprint density at radius 2 is 1.37 bits per heavy atom. The van der Waals surface area contributed by atoms with Gasteiger partial charge in [-0.05, 0) is 90.0 Å². The van der Waals surface area contributed by atoms with Crippen molar-refractivity contribution in [3.05, 3.63) is 66.2 Å². The van der Waals surface area contributed by atoms with Gasteiger partial charge in [-0.1, -0.05) is 24.3 Å². The maximum absolute atomic E-state index is 12.3. The molecule has 4 aliphatic heterocycles. The summed E-state index contributed by atoms with van der Waals surface area (Å²) in [5.74, 6) is 2.77. The van der Waals surface area contributed by atoms with Gasteiger partial charge in [-0.15, -0.1) is 0 Å². The number of nitrogens with zero attached hydrogens (tertiary/aromatic N) is 11. The molecule has 4 fully saturated rings. The number of rotatable bonds is 7. The van der Waals surface area contributed by atoms with Gasteiger partial charge >= 0.3 is 7.12 Å². The molecule has 23 heteroatoms. The van der Waals surface area contributed by atoms with Gasteiger partial charge in [0.25, 0.3) is 0 Å². The summed E-state index contributed by atoms with van der Waals surface area (Å²) in [5, 5.41) is 13.8. The second kappa shape index (κ2) is 21.1. The predicted molar refractivity (Wildman–Crippen MR) is 278 cm³/mol. The van der Waals surface area contributed by atoms with Gasteiger partial charge < -0.3 is 33.3 Å². The Morgan fingerprint density at radius 3 is 1.97 bits per heavy atom. The first kappa shape index (κ1) is 51.5. The van der Waals surface area contributed by atoms with Gasteiger partial charge in [0.1, 0.15) is 11.6 Å². The minimum atomic E-state index is -2.35. The molecule has 4 aromatic heterocycles. The van der Waals surface area contributed by atoms with Crippen LogP contribution in [0.15, 0.2) is 69.7 Å². The Hall–Kier alpha value is -4.81. The van der Waals surface area contributed by atoms with E-state index in [-0.39, 0.29) is 41.9 Å². The zero-order valence-corrected chi connectivity index (χ0v) is 44.0. The van der Waals surface area contributed by atoms with Crippen LogP contribution in [0.25, 0.3) is 33.2 Å². The van der Waals surface area contributed by atoms with E-state index in [1.165, 1.54) is 6.42 Å². The van der Waals surface area contributed by atoms with E-state index in [2.05, 4.69) is 102 Å². The number of hydrogen-bond acceptors (Lipinski definition) is 17. The van der Waals surface area contributed by atoms with Crippen LogP contribution in [-0.2, 0) is 43.0 Å². The minimum Gasteiger partial charge on any atom is -0.399 e. The van der Waals surface area contributed by atoms with Crippen LogP contribution in [0.4, 0.5) is 23.3 Å². The van der Waals surface area contributed by atoms with Crippen LogP contribution in [0.3, 0.4) is 0 Å². The van der Waals surface area contributed by atoms with Crippen molar-refractivity contribution in [3.63, 3.8) is 0 Å². The lowest BCUT2D eigenvalue weighted by atomic mass is 9.77. The molecule has 0 spiro atoms. The Kier molecular flexibility index (Phi) is 15.5. The zero-order chi connectivity index (χ0) is 50.0. The van der Waals surface area contributed by atoms with Crippen molar-refractivity contribution >= 4 is 88.7 Å². The third kappa shape index (κ3) is 12.3. The van der Waals surface area contributed by atoms with Gasteiger partial charge in [0.15, 0.2) is 23.7 Å². The summed E-state index contributed by atoms with van der Waals surface area (Å²) in [5.41, 5.74) is 3.20. The largest absolute Gasteiger partial charge is 0.495 e. The number of hydrogen-bond donors (Lipinski definition) is 1. The molecule has 0 saturated carbocycles.